The largest absolute Gasteiger partial charge is 0.478 e. The molecule has 4 nitrogen and oxygen atoms in total. The Bertz CT molecular complexity index is 668. The van der Waals surface area contributed by atoms with Crippen molar-refractivity contribution >= 4 is 11.9 Å². The summed E-state index contributed by atoms with van der Waals surface area (Å²) in [6.07, 6.45) is 1.35. The van der Waals surface area contributed by atoms with E-state index in [4.69, 9.17) is 10.2 Å². The molecule has 0 atom stereocenters. The fraction of sp³-hybridized carbons (Fsp3) is 0.222. The van der Waals surface area contributed by atoms with E-state index in [-0.39, 0.29) is 11.1 Å². The highest BCUT2D eigenvalue weighted by atomic mass is 16.4. The van der Waals surface area contributed by atoms with Gasteiger partial charge in [-0.3, -0.25) is 0 Å². The Hall–Kier alpha value is -2.62. The van der Waals surface area contributed by atoms with Crippen molar-refractivity contribution in [1.82, 2.24) is 0 Å². The van der Waals surface area contributed by atoms with Gasteiger partial charge in [0, 0.05) is 0 Å². The van der Waals surface area contributed by atoms with Crippen LogP contribution in [0.2, 0.25) is 0 Å². The van der Waals surface area contributed by atoms with Gasteiger partial charge >= 0.3 is 11.9 Å². The van der Waals surface area contributed by atoms with E-state index in [0.29, 0.717) is 12.8 Å². The van der Waals surface area contributed by atoms with Gasteiger partial charge in [0.05, 0.1) is 11.1 Å². The molecule has 0 saturated carbocycles. The zero-order valence-corrected chi connectivity index (χ0v) is 12.6. The van der Waals surface area contributed by atoms with Crippen LogP contribution in [0.15, 0.2) is 36.4 Å². The fourth-order valence-corrected chi connectivity index (χ4v) is 2.42. The van der Waals surface area contributed by atoms with Crippen LogP contribution in [0.5, 0.6) is 0 Å². The molecule has 0 aromatic heterocycles. The lowest BCUT2D eigenvalue weighted by atomic mass is 9.95. The van der Waals surface area contributed by atoms with Crippen molar-refractivity contribution in [1.29, 1.82) is 0 Å². The molecule has 2 N–H and O–H groups in total. The number of carbonyl (C=O) groups is 2. The van der Waals surface area contributed by atoms with E-state index in [2.05, 4.69) is 0 Å². The number of carboxylic acid groups (broad SMARTS) is 2. The standard InChI is InChI=1S/C18H18O4/c1-11-3-5-15(17(19)20)9-13(11)7-8-14-10-16(18(21)22)6-4-12(14)2/h3-6,9-10H,7-8H2,1-2H3,(H,19,20)(H,21,22). The molecule has 2 aromatic carbocycles. The molecule has 0 bridgehead atoms. The summed E-state index contributed by atoms with van der Waals surface area (Å²) in [7, 11) is 0. The van der Waals surface area contributed by atoms with Crippen LogP contribution in [0.3, 0.4) is 0 Å². The topological polar surface area (TPSA) is 74.6 Å². The molecule has 4 heteroatoms. The Kier molecular flexibility index (Phi) is 4.61. The predicted molar refractivity (Wildman–Crippen MR) is 83.7 cm³/mol. The molecular weight excluding hydrogens is 280 g/mol. The van der Waals surface area contributed by atoms with Crippen LogP contribution in [0.1, 0.15) is 43.0 Å². The van der Waals surface area contributed by atoms with Gasteiger partial charge in [-0.05, 0) is 73.2 Å². The van der Waals surface area contributed by atoms with E-state index in [0.717, 1.165) is 22.3 Å². The van der Waals surface area contributed by atoms with Gasteiger partial charge in [0.2, 0.25) is 0 Å². The second kappa shape index (κ2) is 6.43. The Morgan fingerprint density at radius 2 is 1.14 bits per heavy atom. The summed E-state index contributed by atoms with van der Waals surface area (Å²) in [5.74, 6) is -1.88. The van der Waals surface area contributed by atoms with Crippen LogP contribution in [0, 0.1) is 13.8 Å². The quantitative estimate of drug-likeness (QED) is 0.886. The Balaban J connectivity index is 2.23. The maximum absolute atomic E-state index is 11.0. The average Bonchev–Trinajstić information content (AvgIpc) is 2.47. The summed E-state index contributed by atoms with van der Waals surface area (Å²) < 4.78 is 0. The normalized spacial score (nSPS) is 10.5. The van der Waals surface area contributed by atoms with Crippen LogP contribution in [-0.4, -0.2) is 22.2 Å². The van der Waals surface area contributed by atoms with Crippen molar-refractivity contribution in [2.45, 2.75) is 26.7 Å². The van der Waals surface area contributed by atoms with Gasteiger partial charge < -0.3 is 10.2 Å². The number of benzene rings is 2. The van der Waals surface area contributed by atoms with Crippen molar-refractivity contribution in [3.05, 3.63) is 69.8 Å². The zero-order valence-electron chi connectivity index (χ0n) is 12.6. The Morgan fingerprint density at radius 1 is 0.773 bits per heavy atom. The molecule has 0 spiro atoms. The van der Waals surface area contributed by atoms with Gasteiger partial charge in [-0.1, -0.05) is 12.1 Å². The lowest BCUT2D eigenvalue weighted by Crippen LogP contribution is -2.03. The van der Waals surface area contributed by atoms with Gasteiger partial charge in [0.15, 0.2) is 0 Å². The van der Waals surface area contributed by atoms with E-state index in [9.17, 15) is 9.59 Å². The molecule has 0 radical (unpaired) electrons. The molecule has 0 aliphatic rings. The predicted octanol–water partition coefficient (Wildman–Crippen LogP) is 3.49. The number of aromatic carboxylic acids is 2. The maximum atomic E-state index is 11.0. The van der Waals surface area contributed by atoms with E-state index >= 15 is 0 Å². The highest BCUT2D eigenvalue weighted by Crippen LogP contribution is 2.18. The van der Waals surface area contributed by atoms with Crippen molar-refractivity contribution in [2.75, 3.05) is 0 Å². The lowest BCUT2D eigenvalue weighted by Gasteiger charge is -2.10. The molecule has 2 rings (SSSR count). The molecule has 2 aromatic rings. The summed E-state index contributed by atoms with van der Waals surface area (Å²) in [6, 6.07) is 10.2. The van der Waals surface area contributed by atoms with E-state index in [1.165, 1.54) is 0 Å². The molecule has 0 aliphatic carbocycles. The number of hydrogen-bond donors (Lipinski definition) is 2. The van der Waals surface area contributed by atoms with Crippen LogP contribution < -0.4 is 0 Å². The molecule has 0 fully saturated rings. The molecule has 0 heterocycles. The zero-order chi connectivity index (χ0) is 16.3. The van der Waals surface area contributed by atoms with Crippen molar-refractivity contribution in [3.8, 4) is 0 Å². The minimum absolute atomic E-state index is 0.275. The summed E-state index contributed by atoms with van der Waals surface area (Å²) in [6.45, 7) is 3.89. The van der Waals surface area contributed by atoms with E-state index in [1.807, 2.05) is 13.8 Å². The number of carboxylic acids is 2. The van der Waals surface area contributed by atoms with E-state index in [1.54, 1.807) is 36.4 Å². The molecule has 0 amide bonds. The second-order valence-corrected chi connectivity index (χ2v) is 5.39. The second-order valence-electron chi connectivity index (χ2n) is 5.39. The minimum atomic E-state index is -0.940. The van der Waals surface area contributed by atoms with E-state index < -0.39 is 11.9 Å². The smallest absolute Gasteiger partial charge is 0.335 e. The van der Waals surface area contributed by atoms with Gasteiger partial charge in [0.25, 0.3) is 0 Å². The first-order valence-electron chi connectivity index (χ1n) is 7.04. The highest BCUT2D eigenvalue weighted by molar-refractivity contribution is 5.88. The summed E-state index contributed by atoms with van der Waals surface area (Å²) in [5, 5.41) is 18.1. The summed E-state index contributed by atoms with van der Waals surface area (Å²) in [4.78, 5) is 22.1. The Morgan fingerprint density at radius 3 is 1.45 bits per heavy atom. The van der Waals surface area contributed by atoms with Gasteiger partial charge in [-0.25, -0.2) is 9.59 Å². The van der Waals surface area contributed by atoms with Crippen LogP contribution in [-0.2, 0) is 12.8 Å². The van der Waals surface area contributed by atoms with Crippen LogP contribution in [0.4, 0.5) is 0 Å². The molecule has 0 unspecified atom stereocenters. The minimum Gasteiger partial charge on any atom is -0.478 e. The number of rotatable bonds is 5. The fourth-order valence-electron chi connectivity index (χ4n) is 2.42. The first-order chi connectivity index (χ1) is 10.4. The first-order valence-corrected chi connectivity index (χ1v) is 7.04. The lowest BCUT2D eigenvalue weighted by molar-refractivity contribution is 0.0686. The Labute approximate surface area is 129 Å². The average molecular weight is 298 g/mol. The molecule has 114 valence electrons. The summed E-state index contributed by atoms with van der Waals surface area (Å²) >= 11 is 0. The SMILES string of the molecule is Cc1ccc(C(=O)O)cc1CCc1cc(C(=O)O)ccc1C. The maximum Gasteiger partial charge on any atom is 0.335 e. The van der Waals surface area contributed by atoms with Gasteiger partial charge in [0.1, 0.15) is 0 Å². The first kappa shape index (κ1) is 15.8. The molecule has 0 aliphatic heterocycles. The van der Waals surface area contributed by atoms with Gasteiger partial charge in [-0.2, -0.15) is 0 Å². The highest BCUT2D eigenvalue weighted by Gasteiger charge is 2.09. The van der Waals surface area contributed by atoms with Gasteiger partial charge in [-0.15, -0.1) is 0 Å². The molecule has 22 heavy (non-hydrogen) atoms. The molecular formula is C18H18O4. The monoisotopic (exact) mass is 298 g/mol. The van der Waals surface area contributed by atoms with Crippen LogP contribution >= 0.6 is 0 Å². The third-order valence-corrected chi connectivity index (χ3v) is 3.86. The third kappa shape index (κ3) is 3.52. The third-order valence-electron chi connectivity index (χ3n) is 3.86. The number of aryl methyl sites for hydroxylation is 4. The van der Waals surface area contributed by atoms with Crippen molar-refractivity contribution in [3.63, 3.8) is 0 Å². The van der Waals surface area contributed by atoms with Crippen molar-refractivity contribution < 1.29 is 19.8 Å². The molecule has 0 saturated heterocycles. The number of hydrogen-bond acceptors (Lipinski definition) is 2. The van der Waals surface area contributed by atoms with Crippen molar-refractivity contribution in [2.24, 2.45) is 0 Å². The summed E-state index contributed by atoms with van der Waals surface area (Å²) in [5.41, 5.74) is 4.57. The van der Waals surface area contributed by atoms with Crippen LogP contribution in [0.25, 0.3) is 0 Å².